The lowest BCUT2D eigenvalue weighted by molar-refractivity contribution is -0.118. The number of carbonyl (C=O) groups is 1. The Morgan fingerprint density at radius 1 is 1.29 bits per heavy atom. The minimum absolute atomic E-state index is 0.291. The Morgan fingerprint density at radius 3 is 2.14 bits per heavy atom. The highest BCUT2D eigenvalue weighted by atomic mass is 16.1. The quantitative estimate of drug-likeness (QED) is 0.677. The van der Waals surface area contributed by atoms with Crippen molar-refractivity contribution >= 4 is 5.78 Å². The third kappa shape index (κ3) is 3.41. The molecule has 1 heterocycles. The standard InChI is InChI=1S/C12H23NO/c1-10(14)9-13-7-5-11(6-8-13)12(2,3)4/h11H,5-9H2,1-4H3. The highest BCUT2D eigenvalue weighted by molar-refractivity contribution is 5.77. The zero-order chi connectivity index (χ0) is 10.8. The molecule has 1 aliphatic rings. The van der Waals surface area contributed by atoms with E-state index in [9.17, 15) is 4.79 Å². The molecule has 14 heavy (non-hydrogen) atoms. The lowest BCUT2D eigenvalue weighted by Crippen LogP contribution is -2.40. The fourth-order valence-electron chi connectivity index (χ4n) is 2.27. The minimum Gasteiger partial charge on any atom is -0.299 e. The zero-order valence-corrected chi connectivity index (χ0v) is 9.97. The van der Waals surface area contributed by atoms with Gasteiger partial charge in [-0.25, -0.2) is 0 Å². The monoisotopic (exact) mass is 197 g/mol. The van der Waals surface area contributed by atoms with Gasteiger partial charge in [0.25, 0.3) is 0 Å². The molecule has 2 heteroatoms. The lowest BCUT2D eigenvalue weighted by atomic mass is 9.75. The minimum atomic E-state index is 0.291. The Balaban J connectivity index is 2.35. The number of likely N-dealkylation sites (tertiary alicyclic amines) is 1. The van der Waals surface area contributed by atoms with Crippen LogP contribution in [0.1, 0.15) is 40.5 Å². The van der Waals surface area contributed by atoms with Crippen molar-refractivity contribution in [3.63, 3.8) is 0 Å². The van der Waals surface area contributed by atoms with Gasteiger partial charge in [0.05, 0.1) is 6.54 Å². The van der Waals surface area contributed by atoms with Gasteiger partial charge in [-0.05, 0) is 44.2 Å². The maximum absolute atomic E-state index is 10.9. The van der Waals surface area contributed by atoms with Crippen molar-refractivity contribution in [3.8, 4) is 0 Å². The van der Waals surface area contributed by atoms with E-state index >= 15 is 0 Å². The number of carbonyl (C=O) groups excluding carboxylic acids is 1. The summed E-state index contributed by atoms with van der Waals surface area (Å²) in [6, 6.07) is 0. The molecule has 0 aromatic heterocycles. The van der Waals surface area contributed by atoms with Gasteiger partial charge < -0.3 is 0 Å². The van der Waals surface area contributed by atoms with Crippen LogP contribution in [-0.4, -0.2) is 30.3 Å². The number of rotatable bonds is 2. The molecule has 0 spiro atoms. The van der Waals surface area contributed by atoms with Crippen molar-refractivity contribution in [1.82, 2.24) is 4.90 Å². The second-order valence-electron chi connectivity index (χ2n) is 5.62. The molecule has 0 aliphatic carbocycles. The van der Waals surface area contributed by atoms with E-state index in [0.717, 1.165) is 19.0 Å². The Hall–Kier alpha value is -0.370. The second-order valence-corrected chi connectivity index (χ2v) is 5.62. The van der Waals surface area contributed by atoms with E-state index in [-0.39, 0.29) is 0 Å². The summed E-state index contributed by atoms with van der Waals surface area (Å²) < 4.78 is 0. The van der Waals surface area contributed by atoms with Crippen molar-refractivity contribution in [2.45, 2.75) is 40.5 Å². The van der Waals surface area contributed by atoms with Gasteiger partial charge in [0.15, 0.2) is 0 Å². The third-order valence-electron chi connectivity index (χ3n) is 3.26. The van der Waals surface area contributed by atoms with Crippen LogP contribution in [0.2, 0.25) is 0 Å². The molecular formula is C12H23NO. The van der Waals surface area contributed by atoms with Crippen molar-refractivity contribution in [3.05, 3.63) is 0 Å². The van der Waals surface area contributed by atoms with E-state index in [1.165, 1.54) is 12.8 Å². The summed E-state index contributed by atoms with van der Waals surface area (Å²) >= 11 is 0. The first-order valence-corrected chi connectivity index (χ1v) is 5.61. The Kier molecular flexibility index (Phi) is 3.71. The summed E-state index contributed by atoms with van der Waals surface area (Å²) in [5, 5.41) is 0. The van der Waals surface area contributed by atoms with Crippen LogP contribution in [0.15, 0.2) is 0 Å². The van der Waals surface area contributed by atoms with Crippen molar-refractivity contribution in [2.75, 3.05) is 19.6 Å². The van der Waals surface area contributed by atoms with Crippen LogP contribution in [0.25, 0.3) is 0 Å². The van der Waals surface area contributed by atoms with Crippen LogP contribution >= 0.6 is 0 Å². The van der Waals surface area contributed by atoms with E-state index in [4.69, 9.17) is 0 Å². The van der Waals surface area contributed by atoms with Gasteiger partial charge in [0.2, 0.25) is 0 Å². The Labute approximate surface area is 87.7 Å². The van der Waals surface area contributed by atoms with E-state index in [2.05, 4.69) is 25.7 Å². The molecule has 0 bridgehead atoms. The molecule has 0 radical (unpaired) electrons. The summed E-state index contributed by atoms with van der Waals surface area (Å²) in [5.41, 5.74) is 0.433. The molecule has 0 unspecified atom stereocenters. The summed E-state index contributed by atoms with van der Waals surface area (Å²) in [4.78, 5) is 13.2. The van der Waals surface area contributed by atoms with Crippen LogP contribution in [0, 0.1) is 11.3 Å². The highest BCUT2D eigenvalue weighted by Crippen LogP contribution is 2.33. The average Bonchev–Trinajstić information content (AvgIpc) is 2.02. The van der Waals surface area contributed by atoms with Gasteiger partial charge in [0.1, 0.15) is 5.78 Å². The molecule has 1 saturated heterocycles. The zero-order valence-electron chi connectivity index (χ0n) is 9.97. The molecular weight excluding hydrogens is 174 g/mol. The van der Waals surface area contributed by atoms with E-state index < -0.39 is 0 Å². The summed E-state index contributed by atoms with van der Waals surface area (Å²) in [5.74, 6) is 1.12. The smallest absolute Gasteiger partial charge is 0.143 e. The van der Waals surface area contributed by atoms with Crippen LogP contribution in [0.5, 0.6) is 0 Å². The molecule has 2 nitrogen and oxygen atoms in total. The first-order chi connectivity index (χ1) is 6.39. The summed E-state index contributed by atoms with van der Waals surface area (Å²) in [6.45, 7) is 11.5. The van der Waals surface area contributed by atoms with Gasteiger partial charge in [-0.3, -0.25) is 9.69 Å². The number of Topliss-reactive ketones (excluding diaryl/α,β-unsaturated/α-hetero) is 1. The van der Waals surface area contributed by atoms with Crippen LogP contribution in [0.4, 0.5) is 0 Å². The van der Waals surface area contributed by atoms with Crippen LogP contribution in [0.3, 0.4) is 0 Å². The topological polar surface area (TPSA) is 20.3 Å². The largest absolute Gasteiger partial charge is 0.299 e. The molecule has 82 valence electrons. The average molecular weight is 197 g/mol. The fraction of sp³-hybridized carbons (Fsp3) is 0.917. The molecule has 0 N–H and O–H groups in total. The third-order valence-corrected chi connectivity index (χ3v) is 3.26. The number of ketones is 1. The first kappa shape index (κ1) is 11.7. The number of nitrogens with zero attached hydrogens (tertiary/aromatic N) is 1. The second kappa shape index (κ2) is 4.43. The molecule has 0 amide bonds. The normalized spacial score (nSPS) is 21.1. The molecule has 1 aliphatic heterocycles. The first-order valence-electron chi connectivity index (χ1n) is 5.61. The molecule has 1 fully saturated rings. The predicted molar refractivity (Wildman–Crippen MR) is 59.3 cm³/mol. The van der Waals surface area contributed by atoms with E-state index in [1.807, 2.05) is 0 Å². The number of piperidine rings is 1. The van der Waals surface area contributed by atoms with Crippen molar-refractivity contribution < 1.29 is 4.79 Å². The predicted octanol–water partition coefficient (Wildman–Crippen LogP) is 2.33. The Morgan fingerprint density at radius 2 is 1.79 bits per heavy atom. The Bertz CT molecular complexity index is 197. The number of hydrogen-bond acceptors (Lipinski definition) is 2. The van der Waals surface area contributed by atoms with Crippen LogP contribution < -0.4 is 0 Å². The fourth-order valence-corrected chi connectivity index (χ4v) is 2.27. The van der Waals surface area contributed by atoms with Gasteiger partial charge in [0, 0.05) is 0 Å². The van der Waals surface area contributed by atoms with E-state index in [0.29, 0.717) is 17.7 Å². The molecule has 1 rings (SSSR count). The van der Waals surface area contributed by atoms with Gasteiger partial charge >= 0.3 is 0 Å². The molecule has 0 aromatic rings. The van der Waals surface area contributed by atoms with Gasteiger partial charge in [-0.2, -0.15) is 0 Å². The molecule has 0 aromatic carbocycles. The number of hydrogen-bond donors (Lipinski definition) is 0. The highest BCUT2D eigenvalue weighted by Gasteiger charge is 2.28. The van der Waals surface area contributed by atoms with Crippen molar-refractivity contribution in [2.24, 2.45) is 11.3 Å². The van der Waals surface area contributed by atoms with Crippen LogP contribution in [-0.2, 0) is 4.79 Å². The lowest BCUT2D eigenvalue weighted by Gasteiger charge is -2.38. The maximum atomic E-state index is 10.9. The summed E-state index contributed by atoms with van der Waals surface area (Å²) in [7, 11) is 0. The summed E-state index contributed by atoms with van der Waals surface area (Å²) in [6.07, 6.45) is 2.49. The van der Waals surface area contributed by atoms with Gasteiger partial charge in [-0.15, -0.1) is 0 Å². The van der Waals surface area contributed by atoms with E-state index in [1.54, 1.807) is 6.92 Å². The maximum Gasteiger partial charge on any atom is 0.143 e. The van der Waals surface area contributed by atoms with Gasteiger partial charge in [-0.1, -0.05) is 20.8 Å². The molecule has 0 saturated carbocycles. The van der Waals surface area contributed by atoms with Crippen molar-refractivity contribution in [1.29, 1.82) is 0 Å². The molecule has 0 atom stereocenters. The SMILES string of the molecule is CC(=O)CN1CCC(C(C)(C)C)CC1.